The summed E-state index contributed by atoms with van der Waals surface area (Å²) in [6.07, 6.45) is 3.12. The van der Waals surface area contributed by atoms with E-state index in [0.29, 0.717) is 26.1 Å². The Balaban J connectivity index is 3.82. The number of rotatable bonds is 8. The summed E-state index contributed by atoms with van der Waals surface area (Å²) in [5, 5.41) is 0. The van der Waals surface area contributed by atoms with E-state index in [1.54, 1.807) is 0 Å². The molecule has 78 valence electrons. The fourth-order valence-corrected chi connectivity index (χ4v) is 0.855. The van der Waals surface area contributed by atoms with Gasteiger partial charge in [0.25, 0.3) is 0 Å². The molecule has 0 radical (unpaired) electrons. The van der Waals surface area contributed by atoms with Crippen LogP contribution in [0.15, 0.2) is 9.98 Å². The SMILES string of the molecule is NCCOC(CCN=C=O)CN=C=O. The Kier molecular flexibility index (Phi) is 8.84. The van der Waals surface area contributed by atoms with E-state index >= 15 is 0 Å². The van der Waals surface area contributed by atoms with Crippen LogP contribution in [-0.4, -0.2) is 44.5 Å². The van der Waals surface area contributed by atoms with Crippen molar-refractivity contribution in [2.24, 2.45) is 15.7 Å². The van der Waals surface area contributed by atoms with Gasteiger partial charge in [-0.25, -0.2) is 19.6 Å². The Bertz CT molecular complexity index is 232. The van der Waals surface area contributed by atoms with Gasteiger partial charge in [0.2, 0.25) is 12.2 Å². The summed E-state index contributed by atoms with van der Waals surface area (Å²) in [6.45, 7) is 1.33. The smallest absolute Gasteiger partial charge is 0.235 e. The molecule has 1 atom stereocenters. The molecule has 0 aromatic carbocycles. The summed E-state index contributed by atoms with van der Waals surface area (Å²) >= 11 is 0. The van der Waals surface area contributed by atoms with Gasteiger partial charge in [0.05, 0.1) is 25.8 Å². The van der Waals surface area contributed by atoms with E-state index in [1.165, 1.54) is 12.2 Å². The normalized spacial score (nSPS) is 11.2. The number of hydrogen-bond donors (Lipinski definition) is 1. The van der Waals surface area contributed by atoms with E-state index in [1.807, 2.05) is 0 Å². The minimum atomic E-state index is -0.239. The number of nitrogens with zero attached hydrogens (tertiary/aromatic N) is 2. The fraction of sp³-hybridized carbons (Fsp3) is 0.750. The summed E-state index contributed by atoms with van der Waals surface area (Å²) in [6, 6.07) is 0. The summed E-state index contributed by atoms with van der Waals surface area (Å²) in [4.78, 5) is 26.4. The van der Waals surface area contributed by atoms with Gasteiger partial charge in [0, 0.05) is 6.54 Å². The van der Waals surface area contributed by atoms with Crippen LogP contribution in [0.25, 0.3) is 0 Å². The van der Waals surface area contributed by atoms with Gasteiger partial charge in [-0.05, 0) is 6.42 Å². The standard InChI is InChI=1S/C8H13N3O3/c9-2-4-14-8(5-11-7-13)1-3-10-6-12/h8H,1-5,9H2. The number of nitrogens with two attached hydrogens (primary N) is 1. The first-order valence-corrected chi connectivity index (χ1v) is 4.24. The zero-order valence-electron chi connectivity index (χ0n) is 7.81. The first-order valence-electron chi connectivity index (χ1n) is 4.24. The molecule has 0 saturated carbocycles. The number of hydrogen-bond acceptors (Lipinski definition) is 6. The molecule has 0 bridgehead atoms. The summed E-state index contributed by atoms with van der Waals surface area (Å²) in [5.41, 5.74) is 5.24. The van der Waals surface area contributed by atoms with Gasteiger partial charge in [-0.15, -0.1) is 0 Å². The highest BCUT2D eigenvalue weighted by atomic mass is 16.5. The van der Waals surface area contributed by atoms with E-state index in [2.05, 4.69) is 9.98 Å². The van der Waals surface area contributed by atoms with Crippen molar-refractivity contribution in [3.63, 3.8) is 0 Å². The Morgan fingerprint density at radius 1 is 1.29 bits per heavy atom. The molecule has 1 unspecified atom stereocenters. The Labute approximate surface area is 81.9 Å². The lowest BCUT2D eigenvalue weighted by molar-refractivity contribution is 0.0610. The lowest BCUT2D eigenvalue weighted by Gasteiger charge is -2.12. The minimum Gasteiger partial charge on any atom is -0.375 e. The minimum absolute atomic E-state index is 0.220. The summed E-state index contributed by atoms with van der Waals surface area (Å²) in [5.74, 6) is 0. The lowest BCUT2D eigenvalue weighted by atomic mass is 10.2. The van der Waals surface area contributed by atoms with Crippen LogP contribution < -0.4 is 5.73 Å². The van der Waals surface area contributed by atoms with Gasteiger partial charge in [0.15, 0.2) is 0 Å². The van der Waals surface area contributed by atoms with Crippen molar-refractivity contribution in [3.8, 4) is 0 Å². The van der Waals surface area contributed by atoms with Crippen molar-refractivity contribution in [3.05, 3.63) is 0 Å². The Morgan fingerprint density at radius 3 is 2.57 bits per heavy atom. The highest BCUT2D eigenvalue weighted by molar-refractivity contribution is 5.33. The Hall–Kier alpha value is -1.32. The van der Waals surface area contributed by atoms with Crippen molar-refractivity contribution >= 4 is 12.2 Å². The molecule has 0 fully saturated rings. The van der Waals surface area contributed by atoms with Crippen LogP contribution in [0.2, 0.25) is 0 Å². The molecular formula is C8H13N3O3. The second-order valence-corrected chi connectivity index (χ2v) is 2.48. The van der Waals surface area contributed by atoms with Crippen molar-refractivity contribution in [2.75, 3.05) is 26.2 Å². The van der Waals surface area contributed by atoms with Gasteiger partial charge < -0.3 is 10.5 Å². The highest BCUT2D eigenvalue weighted by Crippen LogP contribution is 1.99. The molecule has 14 heavy (non-hydrogen) atoms. The molecule has 0 saturated heterocycles. The zero-order chi connectivity index (χ0) is 10.6. The van der Waals surface area contributed by atoms with E-state index in [-0.39, 0.29) is 12.6 Å². The van der Waals surface area contributed by atoms with Crippen LogP contribution >= 0.6 is 0 Å². The fourth-order valence-electron chi connectivity index (χ4n) is 0.855. The molecule has 0 aliphatic heterocycles. The maximum absolute atomic E-state index is 9.86. The van der Waals surface area contributed by atoms with Gasteiger partial charge in [-0.1, -0.05) is 0 Å². The van der Waals surface area contributed by atoms with Crippen LogP contribution in [0.5, 0.6) is 0 Å². The van der Waals surface area contributed by atoms with Crippen molar-refractivity contribution in [2.45, 2.75) is 12.5 Å². The number of carbonyl (C=O) groups excluding carboxylic acids is 2. The maximum Gasteiger partial charge on any atom is 0.235 e. The largest absolute Gasteiger partial charge is 0.375 e. The van der Waals surface area contributed by atoms with E-state index in [9.17, 15) is 9.59 Å². The molecule has 0 aromatic heterocycles. The van der Waals surface area contributed by atoms with E-state index in [0.717, 1.165) is 0 Å². The number of aliphatic imine (C=N–C) groups is 2. The molecule has 6 heteroatoms. The molecule has 0 aromatic rings. The number of isocyanates is 2. The van der Waals surface area contributed by atoms with Crippen molar-refractivity contribution in [1.29, 1.82) is 0 Å². The molecule has 0 amide bonds. The average molecular weight is 199 g/mol. The molecule has 6 nitrogen and oxygen atoms in total. The lowest BCUT2D eigenvalue weighted by Crippen LogP contribution is -2.22. The van der Waals surface area contributed by atoms with Gasteiger partial charge in [-0.2, -0.15) is 0 Å². The topological polar surface area (TPSA) is 94.1 Å². The highest BCUT2D eigenvalue weighted by Gasteiger charge is 2.07. The summed E-state index contributed by atoms with van der Waals surface area (Å²) in [7, 11) is 0. The van der Waals surface area contributed by atoms with Crippen molar-refractivity contribution < 1.29 is 14.3 Å². The quantitative estimate of drug-likeness (QED) is 0.417. The maximum atomic E-state index is 9.86. The van der Waals surface area contributed by atoms with Crippen LogP contribution in [0, 0.1) is 0 Å². The molecule has 2 N–H and O–H groups in total. The monoisotopic (exact) mass is 199 g/mol. The van der Waals surface area contributed by atoms with Crippen LogP contribution in [0.1, 0.15) is 6.42 Å². The van der Waals surface area contributed by atoms with E-state index < -0.39 is 0 Å². The summed E-state index contributed by atoms with van der Waals surface area (Å²) < 4.78 is 5.25. The predicted molar refractivity (Wildman–Crippen MR) is 49.4 cm³/mol. The average Bonchev–Trinajstić information content (AvgIpc) is 2.21. The second-order valence-electron chi connectivity index (χ2n) is 2.48. The van der Waals surface area contributed by atoms with Crippen molar-refractivity contribution in [1.82, 2.24) is 0 Å². The molecule has 0 spiro atoms. The number of ether oxygens (including phenoxy) is 1. The van der Waals surface area contributed by atoms with Crippen LogP contribution in [0.4, 0.5) is 0 Å². The third-order valence-corrected chi connectivity index (χ3v) is 1.46. The first-order chi connectivity index (χ1) is 6.85. The molecule has 0 heterocycles. The third-order valence-electron chi connectivity index (χ3n) is 1.46. The van der Waals surface area contributed by atoms with Gasteiger partial charge in [0.1, 0.15) is 0 Å². The predicted octanol–water partition coefficient (Wildman–Crippen LogP) is -0.608. The first kappa shape index (κ1) is 12.7. The molecule has 0 aliphatic rings. The van der Waals surface area contributed by atoms with Gasteiger partial charge >= 0.3 is 0 Å². The van der Waals surface area contributed by atoms with E-state index in [4.69, 9.17) is 10.5 Å². The zero-order valence-corrected chi connectivity index (χ0v) is 7.81. The van der Waals surface area contributed by atoms with Crippen LogP contribution in [0.3, 0.4) is 0 Å². The van der Waals surface area contributed by atoms with Gasteiger partial charge in [-0.3, -0.25) is 0 Å². The molecular weight excluding hydrogens is 186 g/mol. The molecule has 0 aliphatic carbocycles. The second kappa shape index (κ2) is 9.77. The Morgan fingerprint density at radius 2 is 2.00 bits per heavy atom. The molecule has 0 rings (SSSR count). The third kappa shape index (κ3) is 7.34. The van der Waals surface area contributed by atoms with Crippen LogP contribution in [-0.2, 0) is 14.3 Å².